The lowest BCUT2D eigenvalue weighted by atomic mass is 9.79. The topological polar surface area (TPSA) is 50.4 Å². The Morgan fingerprint density at radius 1 is 1.17 bits per heavy atom. The first-order valence-electron chi connectivity index (χ1n) is 8.94. The van der Waals surface area contributed by atoms with Crippen molar-refractivity contribution in [3.63, 3.8) is 0 Å². The number of morpholine rings is 1. The van der Waals surface area contributed by atoms with Crippen molar-refractivity contribution in [3.8, 4) is 0 Å². The maximum absolute atomic E-state index is 12.0. The molecule has 4 nitrogen and oxygen atoms in total. The predicted octanol–water partition coefficient (Wildman–Crippen LogP) is 2.88. The minimum atomic E-state index is 0. The van der Waals surface area contributed by atoms with E-state index in [-0.39, 0.29) is 24.4 Å². The van der Waals surface area contributed by atoms with Crippen molar-refractivity contribution in [1.29, 1.82) is 0 Å². The second kappa shape index (κ2) is 10.0. The van der Waals surface area contributed by atoms with Crippen molar-refractivity contribution < 1.29 is 9.53 Å². The maximum atomic E-state index is 12.0. The Labute approximate surface area is 151 Å². The SMILES string of the molecule is Cl.O=C(CC1COCCN1)NCC1CCC(c2ccccc2)CC1. The zero-order valence-electron chi connectivity index (χ0n) is 14.2. The molecule has 1 amide bonds. The van der Waals surface area contributed by atoms with Gasteiger partial charge in [0.05, 0.1) is 13.2 Å². The summed E-state index contributed by atoms with van der Waals surface area (Å²) in [5, 5.41) is 6.45. The first-order chi connectivity index (χ1) is 11.3. The molecule has 1 aliphatic heterocycles. The van der Waals surface area contributed by atoms with Crippen molar-refractivity contribution in [3.05, 3.63) is 35.9 Å². The molecule has 2 N–H and O–H groups in total. The van der Waals surface area contributed by atoms with Gasteiger partial charge >= 0.3 is 0 Å². The Hall–Kier alpha value is -1.10. The molecule has 1 unspecified atom stereocenters. The Morgan fingerprint density at radius 3 is 2.58 bits per heavy atom. The van der Waals surface area contributed by atoms with Crippen LogP contribution < -0.4 is 10.6 Å². The third-order valence-corrected chi connectivity index (χ3v) is 5.14. The monoisotopic (exact) mass is 352 g/mol. The van der Waals surface area contributed by atoms with Crippen molar-refractivity contribution in [2.45, 2.75) is 44.1 Å². The lowest BCUT2D eigenvalue weighted by Crippen LogP contribution is -2.44. The molecule has 1 saturated heterocycles. The minimum absolute atomic E-state index is 0. The van der Waals surface area contributed by atoms with Crippen LogP contribution in [0.5, 0.6) is 0 Å². The Balaban J connectivity index is 0.00000208. The number of hydrogen-bond donors (Lipinski definition) is 2. The molecule has 134 valence electrons. The minimum Gasteiger partial charge on any atom is -0.378 e. The van der Waals surface area contributed by atoms with E-state index in [0.29, 0.717) is 24.9 Å². The summed E-state index contributed by atoms with van der Waals surface area (Å²) < 4.78 is 5.39. The Kier molecular flexibility index (Phi) is 8.03. The lowest BCUT2D eigenvalue weighted by Gasteiger charge is -2.29. The summed E-state index contributed by atoms with van der Waals surface area (Å²) in [6.07, 6.45) is 5.43. The van der Waals surface area contributed by atoms with E-state index >= 15 is 0 Å². The van der Waals surface area contributed by atoms with E-state index in [1.165, 1.54) is 31.2 Å². The Morgan fingerprint density at radius 2 is 1.92 bits per heavy atom. The average molecular weight is 353 g/mol. The number of carbonyl (C=O) groups is 1. The van der Waals surface area contributed by atoms with E-state index in [1.807, 2.05) is 0 Å². The molecule has 1 aliphatic carbocycles. The fourth-order valence-corrected chi connectivity index (χ4v) is 3.73. The van der Waals surface area contributed by atoms with Crippen LogP contribution in [0.4, 0.5) is 0 Å². The predicted molar refractivity (Wildman–Crippen MR) is 98.6 cm³/mol. The van der Waals surface area contributed by atoms with Crippen LogP contribution in [0, 0.1) is 5.92 Å². The van der Waals surface area contributed by atoms with Crippen LogP contribution in [0.25, 0.3) is 0 Å². The fourth-order valence-electron chi connectivity index (χ4n) is 3.73. The van der Waals surface area contributed by atoms with Gasteiger partial charge in [-0.25, -0.2) is 0 Å². The smallest absolute Gasteiger partial charge is 0.221 e. The summed E-state index contributed by atoms with van der Waals surface area (Å²) in [4.78, 5) is 12.0. The first kappa shape index (κ1) is 19.2. The number of ether oxygens (including phenoxy) is 1. The largest absolute Gasteiger partial charge is 0.378 e. The first-order valence-corrected chi connectivity index (χ1v) is 8.94. The van der Waals surface area contributed by atoms with Gasteiger partial charge in [-0.3, -0.25) is 4.79 Å². The van der Waals surface area contributed by atoms with Crippen molar-refractivity contribution in [1.82, 2.24) is 10.6 Å². The summed E-state index contributed by atoms with van der Waals surface area (Å²) in [6.45, 7) is 3.08. The van der Waals surface area contributed by atoms with Gasteiger partial charge in [-0.1, -0.05) is 30.3 Å². The molecular weight excluding hydrogens is 324 g/mol. The van der Waals surface area contributed by atoms with E-state index in [1.54, 1.807) is 0 Å². The van der Waals surface area contributed by atoms with E-state index in [0.717, 1.165) is 19.7 Å². The highest BCUT2D eigenvalue weighted by Gasteiger charge is 2.23. The fraction of sp³-hybridized carbons (Fsp3) is 0.632. The second-order valence-corrected chi connectivity index (χ2v) is 6.86. The van der Waals surface area contributed by atoms with Crippen LogP contribution in [-0.4, -0.2) is 38.3 Å². The highest BCUT2D eigenvalue weighted by atomic mass is 35.5. The van der Waals surface area contributed by atoms with Gasteiger partial charge in [0, 0.05) is 25.6 Å². The molecular formula is C19H29ClN2O2. The van der Waals surface area contributed by atoms with E-state index in [9.17, 15) is 4.79 Å². The lowest BCUT2D eigenvalue weighted by molar-refractivity contribution is -0.122. The molecule has 1 atom stereocenters. The standard InChI is InChI=1S/C19H28N2O2.ClH/c22-19(12-18-14-23-11-10-20-18)21-13-15-6-8-17(9-7-15)16-4-2-1-3-5-16;/h1-5,15,17-18,20H,6-14H2,(H,21,22);1H. The maximum Gasteiger partial charge on any atom is 0.221 e. The highest BCUT2D eigenvalue weighted by molar-refractivity contribution is 5.85. The van der Waals surface area contributed by atoms with Gasteiger partial charge in [0.2, 0.25) is 5.91 Å². The molecule has 1 saturated carbocycles. The quantitative estimate of drug-likeness (QED) is 0.856. The third kappa shape index (κ3) is 5.76. The zero-order chi connectivity index (χ0) is 15.9. The third-order valence-electron chi connectivity index (χ3n) is 5.14. The van der Waals surface area contributed by atoms with E-state index in [4.69, 9.17) is 4.74 Å². The van der Waals surface area contributed by atoms with Gasteiger partial charge in [0.15, 0.2) is 0 Å². The molecule has 0 radical (unpaired) electrons. The van der Waals surface area contributed by atoms with Gasteiger partial charge in [-0.15, -0.1) is 12.4 Å². The van der Waals surface area contributed by atoms with Gasteiger partial charge in [0.1, 0.15) is 0 Å². The van der Waals surface area contributed by atoms with Crippen molar-refractivity contribution in [2.24, 2.45) is 5.92 Å². The molecule has 0 spiro atoms. The van der Waals surface area contributed by atoms with Gasteiger partial charge in [-0.2, -0.15) is 0 Å². The van der Waals surface area contributed by atoms with Crippen molar-refractivity contribution in [2.75, 3.05) is 26.3 Å². The summed E-state index contributed by atoms with van der Waals surface area (Å²) in [5.41, 5.74) is 1.47. The number of amides is 1. The number of benzene rings is 1. The molecule has 1 heterocycles. The van der Waals surface area contributed by atoms with Gasteiger partial charge in [0.25, 0.3) is 0 Å². The normalized spacial score (nSPS) is 27.1. The molecule has 5 heteroatoms. The average Bonchev–Trinajstić information content (AvgIpc) is 2.62. The molecule has 0 aromatic heterocycles. The molecule has 0 bridgehead atoms. The summed E-state index contributed by atoms with van der Waals surface area (Å²) in [7, 11) is 0. The molecule has 1 aromatic carbocycles. The molecule has 2 fully saturated rings. The van der Waals surface area contributed by atoms with Crippen LogP contribution >= 0.6 is 12.4 Å². The van der Waals surface area contributed by atoms with E-state index < -0.39 is 0 Å². The Bertz CT molecular complexity index is 483. The van der Waals surface area contributed by atoms with Crippen LogP contribution in [-0.2, 0) is 9.53 Å². The summed E-state index contributed by atoms with van der Waals surface area (Å²) in [5.74, 6) is 1.49. The van der Waals surface area contributed by atoms with Gasteiger partial charge in [-0.05, 0) is 43.1 Å². The van der Waals surface area contributed by atoms with Crippen LogP contribution in [0.15, 0.2) is 30.3 Å². The second-order valence-electron chi connectivity index (χ2n) is 6.86. The van der Waals surface area contributed by atoms with Crippen LogP contribution in [0.2, 0.25) is 0 Å². The number of rotatable bonds is 5. The van der Waals surface area contributed by atoms with Crippen LogP contribution in [0.3, 0.4) is 0 Å². The number of hydrogen-bond acceptors (Lipinski definition) is 3. The molecule has 24 heavy (non-hydrogen) atoms. The highest BCUT2D eigenvalue weighted by Crippen LogP contribution is 2.35. The molecule has 1 aromatic rings. The number of carbonyl (C=O) groups excluding carboxylic acids is 1. The molecule has 2 aliphatic rings. The number of nitrogens with one attached hydrogen (secondary N) is 2. The van der Waals surface area contributed by atoms with Crippen LogP contribution in [0.1, 0.15) is 43.6 Å². The summed E-state index contributed by atoms with van der Waals surface area (Å²) in [6, 6.07) is 11.0. The van der Waals surface area contributed by atoms with Crippen molar-refractivity contribution >= 4 is 18.3 Å². The molecule has 3 rings (SSSR count). The zero-order valence-corrected chi connectivity index (χ0v) is 15.0. The van der Waals surface area contributed by atoms with Gasteiger partial charge < -0.3 is 15.4 Å². The number of halogens is 1. The van der Waals surface area contributed by atoms with E-state index in [2.05, 4.69) is 41.0 Å². The summed E-state index contributed by atoms with van der Waals surface area (Å²) >= 11 is 0.